The second kappa shape index (κ2) is 10.1. The first-order valence-electron chi connectivity index (χ1n) is 13.9. The van der Waals surface area contributed by atoms with E-state index in [1.165, 1.54) is 4.90 Å². The van der Waals surface area contributed by atoms with Crippen LogP contribution in [0, 0.1) is 11.8 Å². The van der Waals surface area contributed by atoms with E-state index in [1.54, 1.807) is 14.1 Å². The molecule has 0 aliphatic heterocycles. The number of nitrogens with two attached hydrogens (primary N) is 1. The number of carbonyl (C=O) groups excluding carboxylic acids is 3. The third kappa shape index (κ3) is 4.02. The zero-order valence-corrected chi connectivity index (χ0v) is 23.0. The summed E-state index contributed by atoms with van der Waals surface area (Å²) in [4.78, 5) is 40.8. The maximum atomic E-state index is 14.0. The van der Waals surface area contributed by atoms with Gasteiger partial charge in [0, 0.05) is 16.9 Å². The molecular formula is C31H36N2O7. The summed E-state index contributed by atoms with van der Waals surface area (Å²) in [5, 5.41) is 46.8. The number of unbranched alkanes of at least 4 members (excludes halogenated alkanes) is 3. The second-order valence-corrected chi connectivity index (χ2v) is 11.6. The molecule has 2 aromatic carbocycles. The number of hydrogen-bond donors (Lipinski definition) is 5. The number of primary amides is 1. The van der Waals surface area contributed by atoms with Crippen LogP contribution in [0.5, 0.6) is 5.75 Å². The lowest BCUT2D eigenvalue weighted by atomic mass is 9.57. The van der Waals surface area contributed by atoms with E-state index in [0.717, 1.165) is 43.1 Å². The number of fused-ring (bicyclic) bond motifs is 4. The van der Waals surface area contributed by atoms with Crippen molar-refractivity contribution in [2.45, 2.75) is 63.5 Å². The number of nitrogens with zero attached hydrogens (tertiary/aromatic N) is 1. The van der Waals surface area contributed by atoms with Gasteiger partial charge in [-0.3, -0.25) is 19.3 Å². The highest BCUT2D eigenvalue weighted by atomic mass is 16.3. The summed E-state index contributed by atoms with van der Waals surface area (Å²) in [6.45, 7) is 2.15. The van der Waals surface area contributed by atoms with E-state index in [2.05, 4.69) is 6.92 Å². The minimum atomic E-state index is -2.64. The summed E-state index contributed by atoms with van der Waals surface area (Å²) >= 11 is 0. The van der Waals surface area contributed by atoms with Crippen LogP contribution < -0.4 is 5.73 Å². The molecule has 0 heterocycles. The summed E-state index contributed by atoms with van der Waals surface area (Å²) in [5.74, 6) is -6.40. The van der Waals surface area contributed by atoms with E-state index in [-0.39, 0.29) is 29.7 Å². The Morgan fingerprint density at radius 1 is 1.10 bits per heavy atom. The number of Topliss-reactive ketones (excluding diaryl/α,β-unsaturated/α-hetero) is 2. The van der Waals surface area contributed by atoms with Gasteiger partial charge < -0.3 is 26.2 Å². The van der Waals surface area contributed by atoms with Crippen LogP contribution in [0.25, 0.3) is 16.5 Å². The normalized spacial score (nSPS) is 26.3. The predicted molar refractivity (Wildman–Crippen MR) is 150 cm³/mol. The molecule has 0 aromatic heterocycles. The van der Waals surface area contributed by atoms with Gasteiger partial charge in [-0.05, 0) is 68.3 Å². The number of likely N-dealkylation sites (N-methyl/N-ethyl adjacent to an activating group) is 1. The lowest BCUT2D eigenvalue weighted by Gasteiger charge is -2.50. The number of aryl methyl sites for hydroxylation is 1. The zero-order chi connectivity index (χ0) is 29.1. The highest BCUT2D eigenvalue weighted by Gasteiger charge is 2.64. The molecule has 0 saturated heterocycles. The van der Waals surface area contributed by atoms with Gasteiger partial charge in [0.25, 0.3) is 5.91 Å². The Balaban J connectivity index is 1.63. The van der Waals surface area contributed by atoms with Crippen molar-refractivity contribution in [1.29, 1.82) is 0 Å². The Morgan fingerprint density at radius 2 is 1.82 bits per heavy atom. The molecule has 0 bridgehead atoms. The lowest BCUT2D eigenvalue weighted by molar-refractivity contribution is -0.153. The third-order valence-electron chi connectivity index (χ3n) is 8.91. The molecule has 1 fully saturated rings. The Morgan fingerprint density at radius 3 is 2.48 bits per heavy atom. The number of hydrogen-bond acceptors (Lipinski definition) is 8. The maximum Gasteiger partial charge on any atom is 0.255 e. The van der Waals surface area contributed by atoms with Gasteiger partial charge in [0.15, 0.2) is 11.4 Å². The Bertz CT molecular complexity index is 1500. The molecule has 40 heavy (non-hydrogen) atoms. The van der Waals surface area contributed by atoms with Gasteiger partial charge in [0.2, 0.25) is 5.78 Å². The number of aliphatic hydroxyl groups is 3. The van der Waals surface area contributed by atoms with E-state index in [0.29, 0.717) is 10.9 Å². The van der Waals surface area contributed by atoms with Crippen LogP contribution in [0.2, 0.25) is 0 Å². The van der Waals surface area contributed by atoms with Crippen molar-refractivity contribution in [3.63, 3.8) is 0 Å². The first-order valence-corrected chi connectivity index (χ1v) is 13.9. The molecule has 0 radical (unpaired) electrons. The third-order valence-corrected chi connectivity index (χ3v) is 8.91. The Hall–Kier alpha value is -3.69. The molecule has 0 unspecified atom stereocenters. The topological polar surface area (TPSA) is 161 Å². The number of rotatable bonds is 7. The van der Waals surface area contributed by atoms with Crippen molar-refractivity contribution >= 4 is 34.0 Å². The first kappa shape index (κ1) is 27.9. The molecule has 6 N–H and O–H groups in total. The molecule has 212 valence electrons. The molecule has 9 nitrogen and oxygen atoms in total. The molecule has 4 atom stereocenters. The summed E-state index contributed by atoms with van der Waals surface area (Å²) in [6, 6.07) is 6.67. The number of aromatic hydroxyl groups is 1. The second-order valence-electron chi connectivity index (χ2n) is 11.6. The Kier molecular flexibility index (Phi) is 7.00. The smallest absolute Gasteiger partial charge is 0.255 e. The largest absolute Gasteiger partial charge is 0.508 e. The van der Waals surface area contributed by atoms with E-state index < -0.39 is 58.0 Å². The highest BCUT2D eigenvalue weighted by molar-refractivity contribution is 6.24. The number of carbonyl (C=O) groups is 3. The molecule has 1 amide bonds. The summed E-state index contributed by atoms with van der Waals surface area (Å²) < 4.78 is 0. The average molecular weight is 549 g/mol. The van der Waals surface area contributed by atoms with Gasteiger partial charge in [0.1, 0.15) is 22.8 Å². The quantitative estimate of drug-likeness (QED) is 0.260. The fourth-order valence-corrected chi connectivity index (χ4v) is 6.97. The van der Waals surface area contributed by atoms with Gasteiger partial charge in [-0.1, -0.05) is 44.4 Å². The van der Waals surface area contributed by atoms with Crippen molar-refractivity contribution in [3.8, 4) is 5.75 Å². The van der Waals surface area contributed by atoms with Crippen molar-refractivity contribution in [2.75, 3.05) is 14.1 Å². The molecule has 9 heteroatoms. The monoisotopic (exact) mass is 548 g/mol. The number of benzene rings is 2. The van der Waals surface area contributed by atoms with Crippen LogP contribution in [0.1, 0.15) is 55.7 Å². The molecule has 2 aromatic rings. The summed E-state index contributed by atoms with van der Waals surface area (Å²) in [7, 11) is 3.16. The number of phenolic OH excluding ortho intramolecular Hbond substituents is 1. The first-order chi connectivity index (χ1) is 18.9. The Labute approximate surface area is 232 Å². The van der Waals surface area contributed by atoms with Crippen LogP contribution in [0.4, 0.5) is 0 Å². The van der Waals surface area contributed by atoms with E-state index >= 15 is 0 Å². The van der Waals surface area contributed by atoms with Crippen molar-refractivity contribution < 1.29 is 34.8 Å². The van der Waals surface area contributed by atoms with E-state index in [4.69, 9.17) is 5.73 Å². The summed E-state index contributed by atoms with van der Waals surface area (Å²) in [6.07, 6.45) is 5.64. The van der Waals surface area contributed by atoms with Gasteiger partial charge in [-0.2, -0.15) is 0 Å². The van der Waals surface area contributed by atoms with Crippen LogP contribution >= 0.6 is 0 Å². The predicted octanol–water partition coefficient (Wildman–Crippen LogP) is 3.24. The zero-order valence-electron chi connectivity index (χ0n) is 23.0. The minimum Gasteiger partial charge on any atom is -0.508 e. The van der Waals surface area contributed by atoms with Gasteiger partial charge in [-0.25, -0.2) is 0 Å². The average Bonchev–Trinajstić information content (AvgIpc) is 2.88. The van der Waals surface area contributed by atoms with Crippen LogP contribution in [-0.4, -0.2) is 68.5 Å². The number of aliphatic hydroxyl groups excluding tert-OH is 2. The number of ketones is 2. The van der Waals surface area contributed by atoms with Gasteiger partial charge >= 0.3 is 0 Å². The fourth-order valence-electron chi connectivity index (χ4n) is 6.97. The van der Waals surface area contributed by atoms with Crippen LogP contribution in [0.15, 0.2) is 41.2 Å². The van der Waals surface area contributed by atoms with Crippen LogP contribution in [0.3, 0.4) is 0 Å². The summed E-state index contributed by atoms with van der Waals surface area (Å²) in [5.41, 5.74) is 3.60. The number of phenols is 1. The molecule has 3 aliphatic carbocycles. The minimum absolute atomic E-state index is 0.0707. The maximum absolute atomic E-state index is 14.0. The fraction of sp³-hybridized carbons (Fsp3) is 0.452. The van der Waals surface area contributed by atoms with Gasteiger partial charge in [0.05, 0.1) is 11.6 Å². The van der Waals surface area contributed by atoms with Crippen molar-refractivity contribution in [3.05, 3.63) is 57.9 Å². The van der Waals surface area contributed by atoms with E-state index in [9.17, 15) is 34.8 Å². The highest BCUT2D eigenvalue weighted by Crippen LogP contribution is 2.53. The van der Waals surface area contributed by atoms with E-state index in [1.807, 2.05) is 24.3 Å². The lowest BCUT2D eigenvalue weighted by Crippen LogP contribution is -2.65. The van der Waals surface area contributed by atoms with Crippen LogP contribution in [-0.2, 0) is 27.2 Å². The van der Waals surface area contributed by atoms with Gasteiger partial charge in [-0.15, -0.1) is 0 Å². The molecule has 5 rings (SSSR count). The molecule has 3 aliphatic rings. The number of amides is 1. The van der Waals surface area contributed by atoms with Crippen molar-refractivity contribution in [2.24, 2.45) is 17.6 Å². The molecule has 0 spiro atoms. The SMILES string of the molecule is CCCCCCc1ccc2cc3c(c(O)c2c1)C(O)=C1C(=O)[C@]2(O)C(O)=C(C(N)=O)C(=O)[C@@H](N(C)C)[C@@H]2C[C@@H]1C3. The standard InChI is InChI=1S/C31H36N2O7/c1-4-5-6-7-8-15-9-10-16-12-17-13-18-14-20-24(33(2)3)27(36)23(30(32)39)29(38)31(20,40)28(37)22(18)26(35)21(17)25(34)19(16)11-15/h9-12,18,20,24,34-35,38,40H,4-8,13-14H2,1-3H3,(H2,32,39)/t18-,20-,24-,31-/m0/s1. The van der Waals surface area contributed by atoms with Crippen molar-refractivity contribution in [1.82, 2.24) is 4.90 Å². The molecular weight excluding hydrogens is 512 g/mol. The molecule has 1 saturated carbocycles.